The van der Waals surface area contributed by atoms with Gasteiger partial charge in [-0.1, -0.05) is 12.1 Å². The molecule has 1 aromatic rings. The van der Waals surface area contributed by atoms with Gasteiger partial charge in [0.15, 0.2) is 6.10 Å². The average Bonchev–Trinajstić information content (AvgIpc) is 2.44. The lowest BCUT2D eigenvalue weighted by atomic mass is 10.2. The molecule has 0 saturated heterocycles. The van der Waals surface area contributed by atoms with Gasteiger partial charge in [-0.05, 0) is 31.7 Å². The molecule has 0 heterocycles. The Labute approximate surface area is 125 Å². The molecule has 1 rings (SSSR count). The molecule has 2 atom stereocenters. The lowest BCUT2D eigenvalue weighted by Crippen LogP contribution is -2.48. The Morgan fingerprint density at radius 3 is 2.36 bits per heavy atom. The van der Waals surface area contributed by atoms with Gasteiger partial charge in [0.1, 0.15) is 5.82 Å². The van der Waals surface area contributed by atoms with Gasteiger partial charge in [-0.3, -0.25) is 9.69 Å². The maximum Gasteiger partial charge on any atom is 0.415 e. The van der Waals surface area contributed by atoms with E-state index < -0.39 is 36.6 Å². The SMILES string of the molecule is CC(C(=O)NCc1ccc(F)cc1)N(C)CC(O)C(F)(F)F. The molecule has 22 heavy (non-hydrogen) atoms. The molecule has 8 heteroatoms. The second kappa shape index (κ2) is 7.55. The average molecular weight is 322 g/mol. The van der Waals surface area contributed by atoms with Gasteiger partial charge in [-0.2, -0.15) is 13.2 Å². The van der Waals surface area contributed by atoms with Crippen molar-refractivity contribution >= 4 is 5.91 Å². The van der Waals surface area contributed by atoms with Crippen LogP contribution in [0.2, 0.25) is 0 Å². The summed E-state index contributed by atoms with van der Waals surface area (Å²) in [5.41, 5.74) is 0.667. The van der Waals surface area contributed by atoms with Gasteiger partial charge in [-0.15, -0.1) is 0 Å². The summed E-state index contributed by atoms with van der Waals surface area (Å²) in [6.07, 6.45) is -7.23. The normalized spacial score (nSPS) is 14.7. The van der Waals surface area contributed by atoms with Crippen LogP contribution in [0.1, 0.15) is 12.5 Å². The number of nitrogens with one attached hydrogen (secondary N) is 1. The summed E-state index contributed by atoms with van der Waals surface area (Å²) in [4.78, 5) is 13.0. The summed E-state index contributed by atoms with van der Waals surface area (Å²) in [5, 5.41) is 11.5. The highest BCUT2D eigenvalue weighted by molar-refractivity contribution is 5.81. The summed E-state index contributed by atoms with van der Waals surface area (Å²) in [5.74, 6) is -0.884. The number of alkyl halides is 3. The lowest BCUT2D eigenvalue weighted by molar-refractivity contribution is -0.208. The molecule has 0 aliphatic carbocycles. The van der Waals surface area contributed by atoms with E-state index in [4.69, 9.17) is 5.11 Å². The van der Waals surface area contributed by atoms with Gasteiger partial charge in [-0.25, -0.2) is 4.39 Å². The Kier molecular flexibility index (Phi) is 6.31. The van der Waals surface area contributed by atoms with Gasteiger partial charge in [0, 0.05) is 13.1 Å². The Balaban J connectivity index is 2.48. The fourth-order valence-electron chi connectivity index (χ4n) is 1.67. The van der Waals surface area contributed by atoms with E-state index in [0.717, 1.165) is 4.90 Å². The number of nitrogens with zero attached hydrogens (tertiary/aromatic N) is 1. The van der Waals surface area contributed by atoms with E-state index in [2.05, 4.69) is 5.32 Å². The summed E-state index contributed by atoms with van der Waals surface area (Å²) in [7, 11) is 1.32. The second-order valence-corrected chi connectivity index (χ2v) is 5.02. The number of hydrogen-bond acceptors (Lipinski definition) is 3. The van der Waals surface area contributed by atoms with Crippen LogP contribution < -0.4 is 5.32 Å². The number of halogens is 4. The molecule has 124 valence electrons. The predicted molar refractivity (Wildman–Crippen MR) is 72.4 cm³/mol. The van der Waals surface area contributed by atoms with Crippen molar-refractivity contribution in [2.45, 2.75) is 31.8 Å². The summed E-state index contributed by atoms with van der Waals surface area (Å²) in [6.45, 7) is 0.872. The Bertz CT molecular complexity index is 491. The van der Waals surface area contributed by atoms with Crippen molar-refractivity contribution in [3.05, 3.63) is 35.6 Å². The number of carbonyl (C=O) groups is 1. The zero-order valence-corrected chi connectivity index (χ0v) is 12.2. The van der Waals surface area contributed by atoms with Crippen molar-refractivity contribution in [2.75, 3.05) is 13.6 Å². The van der Waals surface area contributed by atoms with Crippen molar-refractivity contribution < 1.29 is 27.5 Å². The minimum atomic E-state index is -4.72. The molecule has 2 unspecified atom stereocenters. The molecule has 0 aliphatic rings. The van der Waals surface area contributed by atoms with Crippen molar-refractivity contribution in [3.8, 4) is 0 Å². The third-order valence-electron chi connectivity index (χ3n) is 3.26. The minimum Gasteiger partial charge on any atom is -0.382 e. The van der Waals surface area contributed by atoms with E-state index in [1.54, 1.807) is 0 Å². The van der Waals surface area contributed by atoms with E-state index in [9.17, 15) is 22.4 Å². The largest absolute Gasteiger partial charge is 0.415 e. The molecule has 0 radical (unpaired) electrons. The Morgan fingerprint density at radius 1 is 1.32 bits per heavy atom. The van der Waals surface area contributed by atoms with Crippen LogP contribution in [0.15, 0.2) is 24.3 Å². The molecule has 0 aromatic heterocycles. The third kappa shape index (κ3) is 5.61. The number of amides is 1. The number of aliphatic hydroxyl groups is 1. The summed E-state index contributed by atoms with van der Waals surface area (Å²) in [6, 6.07) is 4.64. The summed E-state index contributed by atoms with van der Waals surface area (Å²) < 4.78 is 49.5. The van der Waals surface area contributed by atoms with E-state index >= 15 is 0 Å². The zero-order valence-electron chi connectivity index (χ0n) is 12.2. The van der Waals surface area contributed by atoms with Crippen LogP contribution in [0.25, 0.3) is 0 Å². The Morgan fingerprint density at radius 2 is 1.86 bits per heavy atom. The first kappa shape index (κ1) is 18.4. The minimum absolute atomic E-state index is 0.138. The van der Waals surface area contributed by atoms with E-state index in [-0.39, 0.29) is 6.54 Å². The van der Waals surface area contributed by atoms with Gasteiger partial charge in [0.05, 0.1) is 6.04 Å². The Hall–Kier alpha value is -1.67. The first-order valence-electron chi connectivity index (χ1n) is 6.58. The van der Waals surface area contributed by atoms with Crippen molar-refractivity contribution in [1.29, 1.82) is 0 Å². The van der Waals surface area contributed by atoms with Crippen molar-refractivity contribution in [2.24, 2.45) is 0 Å². The quantitative estimate of drug-likeness (QED) is 0.784. The van der Waals surface area contributed by atoms with E-state index in [1.807, 2.05) is 0 Å². The van der Waals surface area contributed by atoms with Crippen LogP contribution >= 0.6 is 0 Å². The lowest BCUT2D eigenvalue weighted by Gasteiger charge is -2.27. The maximum atomic E-state index is 12.7. The molecule has 0 spiro atoms. The molecule has 2 N–H and O–H groups in total. The van der Waals surface area contributed by atoms with Crippen LogP contribution in [-0.4, -0.2) is 47.8 Å². The van der Waals surface area contributed by atoms with E-state index in [0.29, 0.717) is 5.56 Å². The van der Waals surface area contributed by atoms with Crippen LogP contribution in [0.4, 0.5) is 17.6 Å². The highest BCUT2D eigenvalue weighted by Crippen LogP contribution is 2.20. The molecule has 1 amide bonds. The number of likely N-dealkylation sites (N-methyl/N-ethyl adjacent to an activating group) is 1. The number of hydrogen-bond donors (Lipinski definition) is 2. The van der Waals surface area contributed by atoms with E-state index in [1.165, 1.54) is 38.2 Å². The number of carbonyl (C=O) groups excluding carboxylic acids is 1. The van der Waals surface area contributed by atoms with Gasteiger partial charge >= 0.3 is 6.18 Å². The van der Waals surface area contributed by atoms with Crippen LogP contribution in [-0.2, 0) is 11.3 Å². The molecule has 0 fully saturated rings. The monoisotopic (exact) mass is 322 g/mol. The number of benzene rings is 1. The molecular weight excluding hydrogens is 304 g/mol. The third-order valence-corrected chi connectivity index (χ3v) is 3.26. The van der Waals surface area contributed by atoms with Gasteiger partial charge in [0.2, 0.25) is 5.91 Å². The number of aliphatic hydroxyl groups excluding tert-OH is 1. The standard InChI is InChI=1S/C14H18F4N2O2/c1-9(20(2)8-12(21)14(16,17)18)13(22)19-7-10-3-5-11(15)6-4-10/h3-6,9,12,21H,7-8H2,1-2H3,(H,19,22). The highest BCUT2D eigenvalue weighted by Gasteiger charge is 2.39. The van der Waals surface area contributed by atoms with Crippen molar-refractivity contribution in [1.82, 2.24) is 10.2 Å². The topological polar surface area (TPSA) is 52.6 Å². The zero-order chi connectivity index (χ0) is 16.9. The molecule has 1 aromatic carbocycles. The maximum absolute atomic E-state index is 12.7. The molecule has 0 saturated carbocycles. The fraction of sp³-hybridized carbons (Fsp3) is 0.500. The second-order valence-electron chi connectivity index (χ2n) is 5.02. The first-order chi connectivity index (χ1) is 10.1. The molecular formula is C14H18F4N2O2. The summed E-state index contributed by atoms with van der Waals surface area (Å²) >= 11 is 0. The molecule has 0 aliphatic heterocycles. The van der Waals surface area contributed by atoms with Crippen LogP contribution in [0.3, 0.4) is 0 Å². The van der Waals surface area contributed by atoms with Crippen molar-refractivity contribution in [3.63, 3.8) is 0 Å². The fourth-order valence-corrected chi connectivity index (χ4v) is 1.67. The van der Waals surface area contributed by atoms with Crippen LogP contribution in [0.5, 0.6) is 0 Å². The first-order valence-corrected chi connectivity index (χ1v) is 6.58. The van der Waals surface area contributed by atoms with Crippen LogP contribution in [0, 0.1) is 5.82 Å². The smallest absolute Gasteiger partial charge is 0.382 e. The van der Waals surface area contributed by atoms with Gasteiger partial charge in [0.25, 0.3) is 0 Å². The highest BCUT2D eigenvalue weighted by atomic mass is 19.4. The molecule has 4 nitrogen and oxygen atoms in total. The predicted octanol–water partition coefficient (Wildman–Crippen LogP) is 1.69. The number of rotatable bonds is 6. The van der Waals surface area contributed by atoms with Gasteiger partial charge < -0.3 is 10.4 Å². The molecule has 0 bridgehead atoms.